The first-order chi connectivity index (χ1) is 14.5. The number of benzene rings is 1. The molecule has 2 aromatic heterocycles. The van der Waals surface area contributed by atoms with E-state index in [1.807, 2.05) is 18.2 Å². The number of aromatic nitrogens is 3. The van der Waals surface area contributed by atoms with E-state index in [4.69, 9.17) is 0 Å². The molecule has 0 unspecified atom stereocenters. The third-order valence-corrected chi connectivity index (χ3v) is 6.49. The van der Waals surface area contributed by atoms with Crippen LogP contribution < -0.4 is 15.8 Å². The third kappa shape index (κ3) is 4.70. The minimum absolute atomic E-state index is 0.0728. The molecule has 30 heavy (non-hydrogen) atoms. The highest BCUT2D eigenvalue weighted by Gasteiger charge is 2.28. The first-order valence-electron chi connectivity index (χ1n) is 10.5. The number of carbonyl (C=O) groups is 1. The van der Waals surface area contributed by atoms with Crippen LogP contribution in [-0.2, 0) is 11.2 Å². The van der Waals surface area contributed by atoms with Crippen molar-refractivity contribution < 1.29 is 4.79 Å². The van der Waals surface area contributed by atoms with E-state index >= 15 is 0 Å². The van der Waals surface area contributed by atoms with Gasteiger partial charge in [0, 0.05) is 30.9 Å². The number of piperidine rings is 1. The van der Waals surface area contributed by atoms with Crippen molar-refractivity contribution in [3.05, 3.63) is 58.0 Å². The molecule has 4 rings (SSSR count). The Kier molecular flexibility index (Phi) is 6.13. The number of anilines is 1. The molecule has 2 atom stereocenters. The van der Waals surface area contributed by atoms with Crippen LogP contribution in [0, 0.1) is 12.8 Å². The minimum atomic E-state index is -0.168. The van der Waals surface area contributed by atoms with Gasteiger partial charge in [-0.3, -0.25) is 9.59 Å². The normalized spacial score (nSPS) is 17.8. The molecule has 7 nitrogen and oxygen atoms in total. The van der Waals surface area contributed by atoms with E-state index in [0.29, 0.717) is 17.2 Å². The average Bonchev–Trinajstić information content (AvgIpc) is 3.17. The van der Waals surface area contributed by atoms with Crippen LogP contribution in [0.4, 0.5) is 5.13 Å². The summed E-state index contributed by atoms with van der Waals surface area (Å²) in [6.45, 7) is 5.32. The van der Waals surface area contributed by atoms with Gasteiger partial charge in [-0.15, -0.1) is 5.10 Å². The van der Waals surface area contributed by atoms with Gasteiger partial charge in [-0.1, -0.05) is 41.7 Å². The van der Waals surface area contributed by atoms with E-state index in [9.17, 15) is 9.59 Å². The summed E-state index contributed by atoms with van der Waals surface area (Å²) in [6, 6.07) is 12.0. The van der Waals surface area contributed by atoms with E-state index in [-0.39, 0.29) is 23.4 Å². The molecule has 1 fully saturated rings. The molecule has 1 aromatic carbocycles. The molecule has 8 heteroatoms. The molecule has 3 heterocycles. The number of amides is 1. The molecule has 3 aromatic rings. The van der Waals surface area contributed by atoms with Gasteiger partial charge in [0.05, 0.1) is 5.92 Å². The summed E-state index contributed by atoms with van der Waals surface area (Å²) >= 11 is 1.40. The first kappa shape index (κ1) is 20.5. The number of aryl methyl sites for hydroxylation is 2. The summed E-state index contributed by atoms with van der Waals surface area (Å²) in [6.07, 6.45) is 3.66. The summed E-state index contributed by atoms with van der Waals surface area (Å²) in [5.74, 6) is 0.0314. The van der Waals surface area contributed by atoms with Crippen LogP contribution >= 0.6 is 11.3 Å². The summed E-state index contributed by atoms with van der Waals surface area (Å²) in [5.41, 5.74) is 1.81. The summed E-state index contributed by atoms with van der Waals surface area (Å²) < 4.78 is 1.35. The van der Waals surface area contributed by atoms with E-state index < -0.39 is 0 Å². The third-order valence-electron chi connectivity index (χ3n) is 5.52. The number of nitrogens with one attached hydrogen (secondary N) is 1. The van der Waals surface area contributed by atoms with Gasteiger partial charge >= 0.3 is 0 Å². The van der Waals surface area contributed by atoms with Gasteiger partial charge in [0.15, 0.2) is 0 Å². The molecule has 1 amide bonds. The van der Waals surface area contributed by atoms with Crippen LogP contribution in [0.1, 0.15) is 37.4 Å². The monoisotopic (exact) mass is 425 g/mol. The van der Waals surface area contributed by atoms with Crippen molar-refractivity contribution in [3.8, 4) is 0 Å². The molecular weight excluding hydrogens is 398 g/mol. The molecule has 158 valence electrons. The Morgan fingerprint density at radius 3 is 2.93 bits per heavy atom. The topological polar surface area (TPSA) is 79.6 Å². The van der Waals surface area contributed by atoms with Gasteiger partial charge < -0.3 is 10.2 Å². The fourth-order valence-electron chi connectivity index (χ4n) is 3.86. The molecule has 0 bridgehead atoms. The number of carbonyl (C=O) groups excluding carboxylic acids is 1. The highest BCUT2D eigenvalue weighted by Crippen LogP contribution is 2.27. The molecular formula is C22H27N5O2S. The van der Waals surface area contributed by atoms with E-state index in [2.05, 4.69) is 39.4 Å². The van der Waals surface area contributed by atoms with Crippen molar-refractivity contribution >= 4 is 27.3 Å². The Hall–Kier alpha value is -2.74. The first-order valence-corrected chi connectivity index (χ1v) is 11.3. The van der Waals surface area contributed by atoms with Crippen molar-refractivity contribution in [1.82, 2.24) is 19.9 Å². The Morgan fingerprint density at radius 2 is 2.13 bits per heavy atom. The zero-order valence-electron chi connectivity index (χ0n) is 17.4. The molecule has 0 aliphatic carbocycles. The second-order valence-corrected chi connectivity index (χ2v) is 8.97. The van der Waals surface area contributed by atoms with Crippen LogP contribution in [0.25, 0.3) is 4.96 Å². The predicted molar refractivity (Wildman–Crippen MR) is 119 cm³/mol. The van der Waals surface area contributed by atoms with Crippen molar-refractivity contribution in [2.45, 2.75) is 45.6 Å². The fourth-order valence-corrected chi connectivity index (χ4v) is 4.85. The number of hydrogen-bond donors (Lipinski definition) is 1. The van der Waals surface area contributed by atoms with Gasteiger partial charge in [-0.25, -0.2) is 4.98 Å². The largest absolute Gasteiger partial charge is 0.353 e. The molecule has 0 radical (unpaired) electrons. The lowest BCUT2D eigenvalue weighted by Gasteiger charge is -2.32. The van der Waals surface area contributed by atoms with Crippen LogP contribution in [-0.4, -0.2) is 39.6 Å². The van der Waals surface area contributed by atoms with Gasteiger partial charge in [0.25, 0.3) is 5.56 Å². The Balaban J connectivity index is 1.37. The molecule has 1 N–H and O–H groups in total. The SMILES string of the molecule is Cc1cc(=O)n2nc(N3CCC[C@@H](C(=O)N[C@H](C)CCc4ccccc4)C3)sc2n1. The smallest absolute Gasteiger partial charge is 0.275 e. The number of rotatable bonds is 6. The number of nitrogens with zero attached hydrogens (tertiary/aromatic N) is 4. The molecule has 1 aliphatic rings. The van der Waals surface area contributed by atoms with E-state index in [1.165, 1.54) is 27.5 Å². The quantitative estimate of drug-likeness (QED) is 0.657. The van der Waals surface area contributed by atoms with Crippen molar-refractivity contribution in [1.29, 1.82) is 0 Å². The zero-order valence-corrected chi connectivity index (χ0v) is 18.2. The average molecular weight is 426 g/mol. The predicted octanol–water partition coefficient (Wildman–Crippen LogP) is 2.81. The lowest BCUT2D eigenvalue weighted by molar-refractivity contribution is -0.125. The molecule has 0 spiro atoms. The van der Waals surface area contributed by atoms with Crippen LogP contribution in [0.15, 0.2) is 41.2 Å². The van der Waals surface area contributed by atoms with Crippen LogP contribution in [0.5, 0.6) is 0 Å². The Bertz CT molecular complexity index is 1080. The second kappa shape index (κ2) is 8.95. The Morgan fingerprint density at radius 1 is 1.33 bits per heavy atom. The van der Waals surface area contributed by atoms with Crippen molar-refractivity contribution in [2.75, 3.05) is 18.0 Å². The molecule has 1 saturated heterocycles. The zero-order chi connectivity index (χ0) is 21.1. The lowest BCUT2D eigenvalue weighted by atomic mass is 9.96. The van der Waals surface area contributed by atoms with Crippen LogP contribution in [0.2, 0.25) is 0 Å². The van der Waals surface area contributed by atoms with Crippen LogP contribution in [0.3, 0.4) is 0 Å². The van der Waals surface area contributed by atoms with Crippen molar-refractivity contribution in [3.63, 3.8) is 0 Å². The maximum Gasteiger partial charge on any atom is 0.275 e. The van der Waals surface area contributed by atoms with E-state index in [0.717, 1.165) is 37.4 Å². The van der Waals surface area contributed by atoms with Crippen molar-refractivity contribution in [2.24, 2.45) is 5.92 Å². The van der Waals surface area contributed by atoms with E-state index in [1.54, 1.807) is 6.92 Å². The fraction of sp³-hybridized carbons (Fsp3) is 0.455. The molecule has 0 saturated carbocycles. The number of hydrogen-bond acceptors (Lipinski definition) is 6. The summed E-state index contributed by atoms with van der Waals surface area (Å²) in [7, 11) is 0. The van der Waals surface area contributed by atoms with Gasteiger partial charge in [0.1, 0.15) is 0 Å². The Labute approximate surface area is 179 Å². The minimum Gasteiger partial charge on any atom is -0.353 e. The molecule has 1 aliphatic heterocycles. The van der Waals surface area contributed by atoms with Gasteiger partial charge in [-0.2, -0.15) is 4.52 Å². The lowest BCUT2D eigenvalue weighted by Crippen LogP contribution is -2.45. The number of fused-ring (bicyclic) bond motifs is 1. The standard InChI is InChI=1S/C22H27N5O2S/c1-15(10-11-17-7-4-3-5-8-17)23-20(29)18-9-6-12-26(14-18)22-25-27-19(28)13-16(2)24-21(27)30-22/h3-5,7-8,13,15,18H,6,9-12,14H2,1-2H3,(H,23,29)/t15-,18-/m1/s1. The highest BCUT2D eigenvalue weighted by atomic mass is 32.1. The second-order valence-electron chi connectivity index (χ2n) is 8.03. The maximum atomic E-state index is 12.8. The van der Waals surface area contributed by atoms with Gasteiger partial charge in [-0.05, 0) is 45.1 Å². The van der Waals surface area contributed by atoms with Gasteiger partial charge in [0.2, 0.25) is 16.0 Å². The maximum absolute atomic E-state index is 12.8. The highest BCUT2D eigenvalue weighted by molar-refractivity contribution is 7.20. The summed E-state index contributed by atoms with van der Waals surface area (Å²) in [4.78, 5) is 32.1. The summed E-state index contributed by atoms with van der Waals surface area (Å²) in [5, 5.41) is 8.38.